The summed E-state index contributed by atoms with van der Waals surface area (Å²) >= 11 is 0. The maximum atomic E-state index is 11.4. The quantitative estimate of drug-likeness (QED) is 0.0778. The van der Waals surface area contributed by atoms with Crippen molar-refractivity contribution in [3.05, 3.63) is 103 Å². The predicted molar refractivity (Wildman–Crippen MR) is 163 cm³/mol. The molecule has 0 bridgehead atoms. The molecular formula is C34H25NO8. The molecule has 0 unspecified atom stereocenters. The van der Waals surface area contributed by atoms with Gasteiger partial charge >= 0.3 is 0 Å². The molecule has 0 spiro atoms. The van der Waals surface area contributed by atoms with Gasteiger partial charge in [0.05, 0.1) is 11.1 Å². The van der Waals surface area contributed by atoms with Gasteiger partial charge in [0, 0.05) is 5.69 Å². The first-order valence-electron chi connectivity index (χ1n) is 13.1. The molecule has 0 aliphatic carbocycles. The Morgan fingerprint density at radius 2 is 0.721 bits per heavy atom. The molecule has 0 saturated heterocycles. The van der Waals surface area contributed by atoms with Gasteiger partial charge in [0.1, 0.15) is 11.4 Å². The number of phenolic OH excluding ortho intramolecular Hbond substituents is 8. The minimum Gasteiger partial charge on any atom is -0.504 e. The van der Waals surface area contributed by atoms with Crippen LogP contribution in [0.2, 0.25) is 0 Å². The van der Waals surface area contributed by atoms with E-state index in [1.807, 2.05) is 12.1 Å². The van der Waals surface area contributed by atoms with E-state index >= 15 is 0 Å². The smallest absolute Gasteiger partial charge is 0.186 e. The lowest BCUT2D eigenvalue weighted by molar-refractivity contribution is 0.372. The first-order chi connectivity index (χ1) is 20.7. The number of benzene rings is 6. The van der Waals surface area contributed by atoms with Crippen LogP contribution in [-0.2, 0) is 0 Å². The van der Waals surface area contributed by atoms with E-state index in [-0.39, 0.29) is 27.9 Å². The van der Waals surface area contributed by atoms with E-state index < -0.39 is 57.4 Å². The molecule has 6 rings (SSSR count). The van der Waals surface area contributed by atoms with E-state index in [0.717, 1.165) is 10.3 Å². The predicted octanol–water partition coefficient (Wildman–Crippen LogP) is 7.29. The molecule has 0 aromatic heterocycles. The van der Waals surface area contributed by atoms with Crippen LogP contribution in [0.25, 0.3) is 33.0 Å². The fourth-order valence-corrected chi connectivity index (χ4v) is 5.24. The number of anilines is 3. The Kier molecular flexibility index (Phi) is 6.47. The Hall–Kier alpha value is -6.22. The van der Waals surface area contributed by atoms with Crippen molar-refractivity contribution < 1.29 is 40.9 Å². The highest BCUT2D eigenvalue weighted by atomic mass is 16.3. The highest BCUT2D eigenvalue weighted by Gasteiger charge is 2.35. The third kappa shape index (κ3) is 4.27. The molecule has 43 heavy (non-hydrogen) atoms. The second-order valence-corrected chi connectivity index (χ2v) is 9.83. The monoisotopic (exact) mass is 575 g/mol. The largest absolute Gasteiger partial charge is 0.504 e. The molecule has 0 aliphatic heterocycles. The van der Waals surface area contributed by atoms with Gasteiger partial charge in [-0.1, -0.05) is 91.0 Å². The maximum absolute atomic E-state index is 11.4. The molecule has 0 heterocycles. The fourth-order valence-electron chi connectivity index (χ4n) is 5.24. The van der Waals surface area contributed by atoms with Gasteiger partial charge in [-0.25, -0.2) is 0 Å². The summed E-state index contributed by atoms with van der Waals surface area (Å²) in [6.07, 6.45) is 0. The molecular weight excluding hydrogens is 550 g/mol. The van der Waals surface area contributed by atoms with Crippen molar-refractivity contribution >= 4 is 27.8 Å². The van der Waals surface area contributed by atoms with Gasteiger partial charge in [0.2, 0.25) is 0 Å². The number of hydrogen-bond acceptors (Lipinski definition) is 9. The van der Waals surface area contributed by atoms with Crippen LogP contribution in [-0.4, -0.2) is 40.9 Å². The topological polar surface area (TPSA) is 165 Å². The van der Waals surface area contributed by atoms with Gasteiger partial charge in [-0.05, 0) is 34.0 Å². The third-order valence-electron chi connectivity index (χ3n) is 7.31. The molecule has 0 radical (unpaired) electrons. The van der Waals surface area contributed by atoms with E-state index in [9.17, 15) is 40.9 Å². The summed E-state index contributed by atoms with van der Waals surface area (Å²) in [6, 6.07) is 28.1. The molecule has 8 N–H and O–H groups in total. The van der Waals surface area contributed by atoms with E-state index in [1.165, 1.54) is 6.07 Å². The molecule has 0 amide bonds. The Balaban J connectivity index is 1.70. The van der Waals surface area contributed by atoms with Crippen LogP contribution in [0.1, 0.15) is 0 Å². The van der Waals surface area contributed by atoms with E-state index in [0.29, 0.717) is 5.39 Å². The standard InChI is InChI=1S/C34H25NO8/c36-27-23(19-10-3-1-4-11-19)28(37)32(41)25(31(27)40)35(22-16-15-18-9-7-8-14-21(18)17-22)26-33(42)29(38)24(30(39)34(26)43)20-12-5-2-6-13-20/h1-17,36-43H. The number of fused-ring (bicyclic) bond motifs is 1. The average molecular weight is 576 g/mol. The van der Waals surface area contributed by atoms with Crippen molar-refractivity contribution in [1.82, 2.24) is 0 Å². The van der Waals surface area contributed by atoms with Gasteiger partial charge in [-0.2, -0.15) is 0 Å². The summed E-state index contributed by atoms with van der Waals surface area (Å²) in [4.78, 5) is 0.921. The lowest BCUT2D eigenvalue weighted by Crippen LogP contribution is -2.12. The van der Waals surface area contributed by atoms with Crippen molar-refractivity contribution in [3.63, 3.8) is 0 Å². The zero-order chi connectivity index (χ0) is 30.4. The summed E-state index contributed by atoms with van der Waals surface area (Å²) < 4.78 is 0. The first kappa shape index (κ1) is 27.0. The van der Waals surface area contributed by atoms with E-state index in [1.54, 1.807) is 84.9 Å². The van der Waals surface area contributed by atoms with Crippen LogP contribution in [0.5, 0.6) is 46.0 Å². The Morgan fingerprint density at radius 1 is 0.349 bits per heavy atom. The third-order valence-corrected chi connectivity index (χ3v) is 7.31. The minimum absolute atomic E-state index is 0.104. The van der Waals surface area contributed by atoms with Crippen LogP contribution in [0.3, 0.4) is 0 Å². The van der Waals surface area contributed by atoms with E-state index in [4.69, 9.17) is 0 Å². The van der Waals surface area contributed by atoms with Crippen LogP contribution in [0.15, 0.2) is 103 Å². The van der Waals surface area contributed by atoms with Gasteiger partial charge in [-0.15, -0.1) is 0 Å². The summed E-state index contributed by atoms with van der Waals surface area (Å²) in [5, 5.41) is 91.4. The first-order valence-corrected chi connectivity index (χ1v) is 13.1. The zero-order valence-electron chi connectivity index (χ0n) is 22.3. The number of nitrogens with zero attached hydrogens (tertiary/aromatic N) is 1. The van der Waals surface area contributed by atoms with Gasteiger partial charge in [0.25, 0.3) is 0 Å². The Morgan fingerprint density at radius 3 is 1.14 bits per heavy atom. The Labute approximate surface area is 244 Å². The van der Waals surface area contributed by atoms with Crippen molar-refractivity contribution in [2.45, 2.75) is 0 Å². The number of hydrogen-bond donors (Lipinski definition) is 8. The molecule has 214 valence electrons. The van der Waals surface area contributed by atoms with Crippen LogP contribution in [0.4, 0.5) is 17.1 Å². The highest BCUT2D eigenvalue weighted by Crippen LogP contribution is 2.63. The second-order valence-electron chi connectivity index (χ2n) is 9.83. The molecule has 0 saturated carbocycles. The normalized spacial score (nSPS) is 11.1. The summed E-state index contributed by atoms with van der Waals surface area (Å²) in [5.74, 6) is -6.93. The molecule has 9 heteroatoms. The molecule has 0 aliphatic rings. The van der Waals surface area contributed by atoms with E-state index in [2.05, 4.69) is 0 Å². The minimum atomic E-state index is -0.924. The lowest BCUT2D eigenvalue weighted by atomic mass is 9.98. The van der Waals surface area contributed by atoms with Crippen molar-refractivity contribution in [2.24, 2.45) is 0 Å². The van der Waals surface area contributed by atoms with Crippen LogP contribution >= 0.6 is 0 Å². The van der Waals surface area contributed by atoms with Gasteiger partial charge < -0.3 is 40.9 Å². The molecule has 9 nitrogen and oxygen atoms in total. The summed E-state index contributed by atoms with van der Waals surface area (Å²) in [7, 11) is 0. The van der Waals surface area contributed by atoms with Crippen molar-refractivity contribution in [3.8, 4) is 68.2 Å². The van der Waals surface area contributed by atoms with Gasteiger partial charge in [-0.3, -0.25) is 4.90 Å². The van der Waals surface area contributed by atoms with Crippen LogP contribution in [0, 0.1) is 0 Å². The molecule has 6 aromatic rings. The lowest BCUT2D eigenvalue weighted by Gasteiger charge is -2.30. The summed E-state index contributed by atoms with van der Waals surface area (Å²) in [5.41, 5.74) is -1.18. The summed E-state index contributed by atoms with van der Waals surface area (Å²) in [6.45, 7) is 0. The molecule has 6 aromatic carbocycles. The SMILES string of the molecule is Oc1c(O)c(N(c2ccc3ccccc3c2)c2c(O)c(O)c(-c3ccccc3)c(O)c2O)c(O)c(O)c1-c1ccccc1. The maximum Gasteiger partial charge on any atom is 0.186 e. The number of phenols is 8. The second kappa shape index (κ2) is 10.3. The average Bonchev–Trinajstić information content (AvgIpc) is 3.03. The van der Waals surface area contributed by atoms with Crippen LogP contribution < -0.4 is 4.90 Å². The Bertz CT molecular complexity index is 1840. The highest BCUT2D eigenvalue weighted by molar-refractivity contribution is 6.01. The molecule has 0 fully saturated rings. The van der Waals surface area contributed by atoms with Crippen molar-refractivity contribution in [1.29, 1.82) is 0 Å². The number of rotatable bonds is 5. The zero-order valence-corrected chi connectivity index (χ0v) is 22.3. The fraction of sp³-hybridized carbons (Fsp3) is 0. The van der Waals surface area contributed by atoms with Crippen molar-refractivity contribution in [2.75, 3.05) is 4.90 Å². The molecule has 0 atom stereocenters. The number of aromatic hydroxyl groups is 8. The van der Waals surface area contributed by atoms with Gasteiger partial charge in [0.15, 0.2) is 46.0 Å².